The molecule has 0 aromatic heterocycles. The van der Waals surface area contributed by atoms with E-state index in [0.29, 0.717) is 17.7 Å². The highest BCUT2D eigenvalue weighted by atomic mass is 16.5. The van der Waals surface area contributed by atoms with Crippen molar-refractivity contribution < 1.29 is 14.3 Å². The van der Waals surface area contributed by atoms with Gasteiger partial charge in [-0.05, 0) is 30.7 Å². The molecule has 2 rings (SSSR count). The minimum Gasteiger partial charge on any atom is -0.382 e. The van der Waals surface area contributed by atoms with Gasteiger partial charge in [-0.3, -0.25) is 9.59 Å². The SMILES string of the molecule is CNC(=O)c1cccc(C(=O)N[C@](C)(COC)c2ccccc2)c1. The maximum absolute atomic E-state index is 12.7. The lowest BCUT2D eigenvalue weighted by molar-refractivity contribution is 0.0786. The van der Waals surface area contributed by atoms with Crippen LogP contribution in [0.2, 0.25) is 0 Å². The van der Waals surface area contributed by atoms with E-state index in [1.165, 1.54) is 0 Å². The van der Waals surface area contributed by atoms with Crippen molar-refractivity contribution in [1.29, 1.82) is 0 Å². The summed E-state index contributed by atoms with van der Waals surface area (Å²) in [6.45, 7) is 2.24. The molecule has 2 aromatic rings. The molecule has 126 valence electrons. The third-order valence-corrected chi connectivity index (χ3v) is 3.85. The first-order valence-electron chi connectivity index (χ1n) is 7.69. The van der Waals surface area contributed by atoms with Crippen molar-refractivity contribution in [3.8, 4) is 0 Å². The summed E-state index contributed by atoms with van der Waals surface area (Å²) in [6.07, 6.45) is 0. The second kappa shape index (κ2) is 7.75. The third-order valence-electron chi connectivity index (χ3n) is 3.85. The highest BCUT2D eigenvalue weighted by Crippen LogP contribution is 2.21. The number of methoxy groups -OCH3 is 1. The maximum Gasteiger partial charge on any atom is 0.252 e. The normalized spacial score (nSPS) is 13.0. The van der Waals surface area contributed by atoms with Crippen molar-refractivity contribution in [2.24, 2.45) is 0 Å². The van der Waals surface area contributed by atoms with Crippen LogP contribution in [0.4, 0.5) is 0 Å². The standard InChI is InChI=1S/C19H22N2O3/c1-19(13-24-3,16-10-5-4-6-11-16)21-18(23)15-9-7-8-14(12-15)17(22)20-2/h4-12H,13H2,1-3H3,(H,20,22)(H,21,23)/t19-/m1/s1. The molecule has 2 N–H and O–H groups in total. The molecule has 0 saturated heterocycles. The van der Waals surface area contributed by atoms with E-state index in [-0.39, 0.29) is 11.8 Å². The number of rotatable bonds is 6. The minimum atomic E-state index is -0.671. The van der Waals surface area contributed by atoms with Gasteiger partial charge in [0.15, 0.2) is 0 Å². The average molecular weight is 326 g/mol. The Balaban J connectivity index is 2.27. The van der Waals surface area contributed by atoms with E-state index in [0.717, 1.165) is 5.56 Å². The average Bonchev–Trinajstić information content (AvgIpc) is 2.62. The molecule has 24 heavy (non-hydrogen) atoms. The van der Waals surface area contributed by atoms with E-state index >= 15 is 0 Å². The Hall–Kier alpha value is -2.66. The summed E-state index contributed by atoms with van der Waals surface area (Å²) < 4.78 is 5.30. The third kappa shape index (κ3) is 4.00. The Morgan fingerprint density at radius 2 is 1.62 bits per heavy atom. The molecule has 1 atom stereocenters. The van der Waals surface area contributed by atoms with E-state index in [1.54, 1.807) is 38.4 Å². The summed E-state index contributed by atoms with van der Waals surface area (Å²) in [5.41, 5.74) is 1.14. The number of amides is 2. The number of hydrogen-bond acceptors (Lipinski definition) is 3. The molecule has 0 aliphatic heterocycles. The van der Waals surface area contributed by atoms with E-state index in [1.807, 2.05) is 37.3 Å². The van der Waals surface area contributed by atoms with Crippen LogP contribution in [0.15, 0.2) is 54.6 Å². The number of carbonyl (C=O) groups is 2. The van der Waals surface area contributed by atoms with E-state index in [9.17, 15) is 9.59 Å². The Kier molecular flexibility index (Phi) is 5.71. The Morgan fingerprint density at radius 3 is 2.21 bits per heavy atom. The molecule has 5 nitrogen and oxygen atoms in total. The lowest BCUT2D eigenvalue weighted by Gasteiger charge is -2.30. The minimum absolute atomic E-state index is 0.229. The Morgan fingerprint density at radius 1 is 1.00 bits per heavy atom. The molecule has 0 saturated carbocycles. The predicted octanol–water partition coefficient (Wildman–Crippen LogP) is 2.34. The van der Waals surface area contributed by atoms with Gasteiger partial charge in [-0.15, -0.1) is 0 Å². The van der Waals surface area contributed by atoms with Gasteiger partial charge in [-0.1, -0.05) is 36.4 Å². The molecule has 0 radical (unpaired) electrons. The summed E-state index contributed by atoms with van der Waals surface area (Å²) >= 11 is 0. The van der Waals surface area contributed by atoms with Crippen LogP contribution in [0.5, 0.6) is 0 Å². The number of carbonyl (C=O) groups excluding carboxylic acids is 2. The molecule has 0 unspecified atom stereocenters. The quantitative estimate of drug-likeness (QED) is 0.856. The predicted molar refractivity (Wildman–Crippen MR) is 93.0 cm³/mol. The lowest BCUT2D eigenvalue weighted by atomic mass is 9.92. The van der Waals surface area contributed by atoms with Gasteiger partial charge in [0.05, 0.1) is 12.1 Å². The van der Waals surface area contributed by atoms with Crippen LogP contribution in [0.1, 0.15) is 33.2 Å². The first-order valence-corrected chi connectivity index (χ1v) is 7.69. The number of nitrogens with one attached hydrogen (secondary N) is 2. The van der Waals surface area contributed by atoms with E-state index in [4.69, 9.17) is 4.74 Å². The van der Waals surface area contributed by atoms with Crippen LogP contribution in [0.25, 0.3) is 0 Å². The molecule has 0 bridgehead atoms. The van der Waals surface area contributed by atoms with Crippen molar-refractivity contribution >= 4 is 11.8 Å². The van der Waals surface area contributed by atoms with Gasteiger partial charge < -0.3 is 15.4 Å². The molecule has 0 fully saturated rings. The Labute approximate surface area is 142 Å². The zero-order valence-corrected chi connectivity index (χ0v) is 14.1. The molecule has 0 spiro atoms. The van der Waals surface area contributed by atoms with Gasteiger partial charge in [-0.25, -0.2) is 0 Å². The molecule has 2 amide bonds. The van der Waals surface area contributed by atoms with Crippen molar-refractivity contribution in [3.63, 3.8) is 0 Å². The van der Waals surface area contributed by atoms with Crippen LogP contribution in [-0.4, -0.2) is 32.6 Å². The topological polar surface area (TPSA) is 67.4 Å². The van der Waals surface area contributed by atoms with E-state index < -0.39 is 5.54 Å². The lowest BCUT2D eigenvalue weighted by Crippen LogP contribution is -2.46. The monoisotopic (exact) mass is 326 g/mol. The van der Waals surface area contributed by atoms with Gasteiger partial charge in [0, 0.05) is 25.3 Å². The fourth-order valence-electron chi connectivity index (χ4n) is 2.56. The number of ether oxygens (including phenoxy) is 1. The highest BCUT2D eigenvalue weighted by Gasteiger charge is 2.29. The van der Waals surface area contributed by atoms with Crippen LogP contribution in [0, 0.1) is 0 Å². The van der Waals surface area contributed by atoms with Gasteiger partial charge >= 0.3 is 0 Å². The van der Waals surface area contributed by atoms with Crippen LogP contribution >= 0.6 is 0 Å². The summed E-state index contributed by atoms with van der Waals surface area (Å²) in [6, 6.07) is 16.3. The first kappa shape index (κ1) is 17.7. The fourth-order valence-corrected chi connectivity index (χ4v) is 2.56. The summed E-state index contributed by atoms with van der Waals surface area (Å²) in [4.78, 5) is 24.4. The van der Waals surface area contributed by atoms with Gasteiger partial charge in [0.25, 0.3) is 11.8 Å². The van der Waals surface area contributed by atoms with Crippen molar-refractivity contribution in [1.82, 2.24) is 10.6 Å². The summed E-state index contributed by atoms with van der Waals surface area (Å²) in [7, 11) is 3.15. The first-order chi connectivity index (χ1) is 11.5. The number of hydrogen-bond donors (Lipinski definition) is 2. The Bertz CT molecular complexity index is 716. The van der Waals surface area contributed by atoms with Gasteiger partial charge in [-0.2, -0.15) is 0 Å². The molecular weight excluding hydrogens is 304 g/mol. The van der Waals surface area contributed by atoms with Crippen LogP contribution in [-0.2, 0) is 10.3 Å². The van der Waals surface area contributed by atoms with Crippen molar-refractivity contribution in [2.45, 2.75) is 12.5 Å². The molecule has 5 heteroatoms. The molecule has 0 aliphatic carbocycles. The van der Waals surface area contributed by atoms with Crippen molar-refractivity contribution in [3.05, 3.63) is 71.3 Å². The van der Waals surface area contributed by atoms with Gasteiger partial charge in [0.1, 0.15) is 0 Å². The molecular formula is C19H22N2O3. The second-order valence-corrected chi connectivity index (χ2v) is 5.75. The van der Waals surface area contributed by atoms with E-state index in [2.05, 4.69) is 10.6 Å². The second-order valence-electron chi connectivity index (χ2n) is 5.75. The summed E-state index contributed by atoms with van der Waals surface area (Å²) in [5.74, 6) is -0.489. The zero-order valence-electron chi connectivity index (χ0n) is 14.1. The molecule has 0 heterocycles. The van der Waals surface area contributed by atoms with Crippen LogP contribution in [0.3, 0.4) is 0 Å². The van der Waals surface area contributed by atoms with Crippen LogP contribution < -0.4 is 10.6 Å². The van der Waals surface area contributed by atoms with Crippen molar-refractivity contribution in [2.75, 3.05) is 20.8 Å². The maximum atomic E-state index is 12.7. The number of benzene rings is 2. The largest absolute Gasteiger partial charge is 0.382 e. The summed E-state index contributed by atoms with van der Waals surface area (Å²) in [5, 5.41) is 5.57. The smallest absolute Gasteiger partial charge is 0.252 e. The fraction of sp³-hybridized carbons (Fsp3) is 0.263. The molecule has 2 aromatic carbocycles. The van der Waals surface area contributed by atoms with Gasteiger partial charge in [0.2, 0.25) is 0 Å². The zero-order chi connectivity index (χ0) is 17.6. The molecule has 0 aliphatic rings. The highest BCUT2D eigenvalue weighted by molar-refractivity contribution is 5.99.